The Bertz CT molecular complexity index is 785. The van der Waals surface area contributed by atoms with Gasteiger partial charge in [-0.1, -0.05) is 29.8 Å². The van der Waals surface area contributed by atoms with Gasteiger partial charge in [0.15, 0.2) is 5.78 Å². The second-order valence-corrected chi connectivity index (χ2v) is 5.20. The van der Waals surface area contributed by atoms with Crippen LogP contribution >= 0.6 is 0 Å². The van der Waals surface area contributed by atoms with E-state index in [1.807, 2.05) is 49.4 Å². The van der Waals surface area contributed by atoms with Crippen molar-refractivity contribution in [3.8, 4) is 5.75 Å². The number of carbonyl (C=O) groups excluding carboxylic acids is 1. The molecule has 0 fully saturated rings. The number of aryl methyl sites for hydroxylation is 1. The van der Waals surface area contributed by atoms with Gasteiger partial charge in [0.2, 0.25) is 0 Å². The number of ketones is 1. The first-order valence-corrected chi connectivity index (χ1v) is 6.91. The summed E-state index contributed by atoms with van der Waals surface area (Å²) in [5, 5.41) is 0.909. The average Bonchev–Trinajstić information content (AvgIpc) is 2.92. The molecule has 0 spiro atoms. The molecule has 0 saturated heterocycles. The summed E-state index contributed by atoms with van der Waals surface area (Å²) in [6, 6.07) is 13.8. The summed E-state index contributed by atoms with van der Waals surface area (Å²) < 4.78 is 5.23. The molecule has 0 unspecified atom stereocenters. The monoisotopic (exact) mass is 279 g/mol. The highest BCUT2D eigenvalue weighted by molar-refractivity contribution is 6.08. The lowest BCUT2D eigenvalue weighted by atomic mass is 10.0. The van der Waals surface area contributed by atoms with Crippen molar-refractivity contribution in [2.24, 2.45) is 0 Å². The third kappa shape index (κ3) is 2.68. The van der Waals surface area contributed by atoms with Gasteiger partial charge in [0, 0.05) is 29.1 Å². The lowest BCUT2D eigenvalue weighted by Gasteiger charge is -2.03. The smallest absolute Gasteiger partial charge is 0.169 e. The SMILES string of the molecule is COc1ccc2[nH]cc(C(=O)Cc3ccc(C)cc3)c2c1. The first-order chi connectivity index (χ1) is 10.2. The summed E-state index contributed by atoms with van der Waals surface area (Å²) in [5.74, 6) is 0.866. The lowest BCUT2D eigenvalue weighted by Crippen LogP contribution is -2.02. The maximum absolute atomic E-state index is 12.5. The lowest BCUT2D eigenvalue weighted by molar-refractivity contribution is 0.0994. The molecule has 1 N–H and O–H groups in total. The van der Waals surface area contributed by atoms with Gasteiger partial charge in [-0.15, -0.1) is 0 Å². The normalized spacial score (nSPS) is 10.8. The molecule has 0 saturated carbocycles. The number of fused-ring (bicyclic) bond motifs is 1. The number of hydrogen-bond donors (Lipinski definition) is 1. The van der Waals surface area contributed by atoms with Crippen LogP contribution in [0.5, 0.6) is 5.75 Å². The molecule has 0 aliphatic heterocycles. The zero-order valence-electron chi connectivity index (χ0n) is 12.1. The van der Waals surface area contributed by atoms with Crippen LogP contribution in [-0.2, 0) is 6.42 Å². The standard InChI is InChI=1S/C18H17NO2/c1-12-3-5-13(6-4-12)9-18(20)16-11-19-17-8-7-14(21-2)10-15(16)17/h3-8,10-11,19H,9H2,1-2H3. The second kappa shape index (κ2) is 5.44. The summed E-state index contributed by atoms with van der Waals surface area (Å²) in [6.07, 6.45) is 2.19. The Kier molecular flexibility index (Phi) is 3.48. The molecule has 3 heteroatoms. The number of aromatic amines is 1. The first kappa shape index (κ1) is 13.4. The Hall–Kier alpha value is -2.55. The van der Waals surface area contributed by atoms with Crippen LogP contribution in [0.4, 0.5) is 0 Å². The Balaban J connectivity index is 1.92. The number of ether oxygens (including phenoxy) is 1. The number of Topliss-reactive ketones (excluding diaryl/α,β-unsaturated/α-hetero) is 1. The molecular formula is C18H17NO2. The maximum Gasteiger partial charge on any atom is 0.169 e. The predicted octanol–water partition coefficient (Wildman–Crippen LogP) is 3.91. The molecule has 0 amide bonds. The van der Waals surface area contributed by atoms with E-state index in [4.69, 9.17) is 4.74 Å². The van der Waals surface area contributed by atoms with Crippen LogP contribution in [0.1, 0.15) is 21.5 Å². The van der Waals surface area contributed by atoms with Crippen molar-refractivity contribution >= 4 is 16.7 Å². The van der Waals surface area contributed by atoms with Crippen LogP contribution in [0, 0.1) is 6.92 Å². The van der Waals surface area contributed by atoms with Gasteiger partial charge in [0.25, 0.3) is 0 Å². The van der Waals surface area contributed by atoms with Crippen LogP contribution in [0.25, 0.3) is 10.9 Å². The van der Waals surface area contributed by atoms with E-state index in [2.05, 4.69) is 4.98 Å². The first-order valence-electron chi connectivity index (χ1n) is 6.91. The molecule has 3 aromatic rings. The minimum absolute atomic E-state index is 0.110. The molecule has 106 valence electrons. The van der Waals surface area contributed by atoms with Crippen LogP contribution in [0.2, 0.25) is 0 Å². The largest absolute Gasteiger partial charge is 0.497 e. The minimum atomic E-state index is 0.110. The Morgan fingerprint density at radius 1 is 1.14 bits per heavy atom. The molecule has 1 aromatic heterocycles. The molecule has 2 aromatic carbocycles. The van der Waals surface area contributed by atoms with Crippen molar-refractivity contribution in [1.29, 1.82) is 0 Å². The maximum atomic E-state index is 12.5. The van der Waals surface area contributed by atoms with Gasteiger partial charge in [0.1, 0.15) is 5.75 Å². The predicted molar refractivity (Wildman–Crippen MR) is 84.1 cm³/mol. The van der Waals surface area contributed by atoms with Gasteiger partial charge in [-0.25, -0.2) is 0 Å². The molecule has 0 atom stereocenters. The number of benzene rings is 2. The third-order valence-corrected chi connectivity index (χ3v) is 3.67. The molecule has 3 nitrogen and oxygen atoms in total. The van der Waals surface area contributed by atoms with E-state index in [1.165, 1.54) is 5.56 Å². The fraction of sp³-hybridized carbons (Fsp3) is 0.167. The summed E-state index contributed by atoms with van der Waals surface area (Å²) in [5.41, 5.74) is 3.89. The van der Waals surface area contributed by atoms with E-state index >= 15 is 0 Å². The third-order valence-electron chi connectivity index (χ3n) is 3.67. The van der Waals surface area contributed by atoms with Crippen LogP contribution < -0.4 is 4.74 Å². The molecule has 0 bridgehead atoms. The molecule has 0 aliphatic carbocycles. The van der Waals surface area contributed by atoms with Crippen molar-refractivity contribution < 1.29 is 9.53 Å². The summed E-state index contributed by atoms with van der Waals surface area (Å²) >= 11 is 0. The summed E-state index contributed by atoms with van der Waals surface area (Å²) in [4.78, 5) is 15.7. The summed E-state index contributed by atoms with van der Waals surface area (Å²) in [7, 11) is 1.63. The van der Waals surface area contributed by atoms with Crippen molar-refractivity contribution in [1.82, 2.24) is 4.98 Å². The van der Waals surface area contributed by atoms with E-state index in [-0.39, 0.29) is 5.78 Å². The van der Waals surface area contributed by atoms with Gasteiger partial charge in [-0.3, -0.25) is 4.79 Å². The number of methoxy groups -OCH3 is 1. The topological polar surface area (TPSA) is 42.1 Å². The molecule has 0 aliphatic rings. The second-order valence-electron chi connectivity index (χ2n) is 5.20. The fourth-order valence-electron chi connectivity index (χ4n) is 2.44. The number of rotatable bonds is 4. The Morgan fingerprint density at radius 2 is 1.90 bits per heavy atom. The van der Waals surface area contributed by atoms with Gasteiger partial charge in [-0.05, 0) is 30.7 Å². The van der Waals surface area contributed by atoms with Crippen LogP contribution in [-0.4, -0.2) is 17.9 Å². The van der Waals surface area contributed by atoms with E-state index in [0.29, 0.717) is 12.0 Å². The Morgan fingerprint density at radius 3 is 2.62 bits per heavy atom. The quantitative estimate of drug-likeness (QED) is 0.736. The van der Waals surface area contributed by atoms with Gasteiger partial charge in [0.05, 0.1) is 7.11 Å². The van der Waals surface area contributed by atoms with Gasteiger partial charge >= 0.3 is 0 Å². The van der Waals surface area contributed by atoms with E-state index in [0.717, 1.165) is 22.2 Å². The number of nitrogens with one attached hydrogen (secondary N) is 1. The van der Waals surface area contributed by atoms with E-state index < -0.39 is 0 Å². The Labute approximate surface area is 123 Å². The molecule has 21 heavy (non-hydrogen) atoms. The highest BCUT2D eigenvalue weighted by Crippen LogP contribution is 2.24. The number of carbonyl (C=O) groups is 1. The zero-order valence-corrected chi connectivity index (χ0v) is 12.1. The zero-order chi connectivity index (χ0) is 14.8. The van der Waals surface area contributed by atoms with Crippen LogP contribution in [0.15, 0.2) is 48.7 Å². The minimum Gasteiger partial charge on any atom is -0.497 e. The van der Waals surface area contributed by atoms with E-state index in [9.17, 15) is 4.79 Å². The fourth-order valence-corrected chi connectivity index (χ4v) is 2.44. The highest BCUT2D eigenvalue weighted by Gasteiger charge is 2.13. The highest BCUT2D eigenvalue weighted by atomic mass is 16.5. The van der Waals surface area contributed by atoms with E-state index in [1.54, 1.807) is 13.3 Å². The molecule has 3 rings (SSSR count). The van der Waals surface area contributed by atoms with Crippen molar-refractivity contribution in [2.75, 3.05) is 7.11 Å². The van der Waals surface area contributed by atoms with Gasteiger partial charge < -0.3 is 9.72 Å². The van der Waals surface area contributed by atoms with Crippen LogP contribution in [0.3, 0.4) is 0 Å². The van der Waals surface area contributed by atoms with Gasteiger partial charge in [-0.2, -0.15) is 0 Å². The molecule has 1 heterocycles. The number of hydrogen-bond acceptors (Lipinski definition) is 2. The summed E-state index contributed by atoms with van der Waals surface area (Å²) in [6.45, 7) is 2.04. The number of aromatic nitrogens is 1. The van der Waals surface area contributed by atoms with Crippen molar-refractivity contribution in [3.05, 3.63) is 65.4 Å². The average molecular weight is 279 g/mol. The van der Waals surface area contributed by atoms with Crippen molar-refractivity contribution in [3.63, 3.8) is 0 Å². The molecular weight excluding hydrogens is 262 g/mol. The molecule has 0 radical (unpaired) electrons. The number of H-pyrrole nitrogens is 1. The van der Waals surface area contributed by atoms with Crippen molar-refractivity contribution in [2.45, 2.75) is 13.3 Å².